The van der Waals surface area contributed by atoms with Crippen LogP contribution in [0.15, 0.2) is 48.6 Å². The first kappa shape index (κ1) is 30.4. The van der Waals surface area contributed by atoms with E-state index in [2.05, 4.69) is 55.6 Å². The van der Waals surface area contributed by atoms with E-state index in [1.807, 2.05) is 6.08 Å². The summed E-state index contributed by atoms with van der Waals surface area (Å²) in [6.07, 6.45) is 30.5. The zero-order chi connectivity index (χ0) is 23.7. The van der Waals surface area contributed by atoms with Gasteiger partial charge in [-0.05, 0) is 51.4 Å². The monoisotopic (exact) mass is 447 g/mol. The molecule has 2 unspecified atom stereocenters. The van der Waals surface area contributed by atoms with Crippen LogP contribution in [-0.2, 0) is 4.79 Å². The molecule has 4 heteroatoms. The number of aliphatic hydroxyl groups is 2. The van der Waals surface area contributed by atoms with Crippen LogP contribution < -0.4 is 5.32 Å². The minimum atomic E-state index is -0.841. The topological polar surface area (TPSA) is 69.6 Å². The molecular formula is C28H49NO3. The fraction of sp³-hybridized carbons (Fsp3) is 0.679. The summed E-state index contributed by atoms with van der Waals surface area (Å²) >= 11 is 0. The molecule has 184 valence electrons. The van der Waals surface area contributed by atoms with Crippen LogP contribution in [0.25, 0.3) is 0 Å². The van der Waals surface area contributed by atoms with Crippen molar-refractivity contribution in [2.75, 3.05) is 6.61 Å². The number of allylic oxidation sites excluding steroid dienone is 7. The van der Waals surface area contributed by atoms with Crippen molar-refractivity contribution in [2.45, 2.75) is 116 Å². The number of rotatable bonds is 21. The Morgan fingerprint density at radius 3 is 2.06 bits per heavy atom. The van der Waals surface area contributed by atoms with Gasteiger partial charge in [0.15, 0.2) is 0 Å². The summed E-state index contributed by atoms with van der Waals surface area (Å²) in [6.45, 7) is 4.05. The van der Waals surface area contributed by atoms with Crippen molar-refractivity contribution in [3.63, 3.8) is 0 Å². The molecule has 32 heavy (non-hydrogen) atoms. The van der Waals surface area contributed by atoms with Crippen molar-refractivity contribution in [1.82, 2.24) is 5.32 Å². The zero-order valence-corrected chi connectivity index (χ0v) is 20.7. The number of amides is 1. The molecule has 0 aromatic rings. The van der Waals surface area contributed by atoms with E-state index >= 15 is 0 Å². The number of hydrogen-bond donors (Lipinski definition) is 3. The lowest BCUT2D eigenvalue weighted by molar-refractivity contribution is -0.123. The molecule has 0 aromatic carbocycles. The van der Waals surface area contributed by atoms with E-state index in [4.69, 9.17) is 0 Å². The quantitative estimate of drug-likeness (QED) is 0.138. The lowest BCUT2D eigenvalue weighted by atomic mass is 10.1. The number of aliphatic hydroxyl groups excluding tert-OH is 2. The van der Waals surface area contributed by atoms with Crippen LogP contribution in [0.5, 0.6) is 0 Å². The molecule has 1 amide bonds. The molecule has 0 heterocycles. The predicted octanol–water partition coefficient (Wildman–Crippen LogP) is 6.55. The summed E-state index contributed by atoms with van der Waals surface area (Å²) in [5, 5.41) is 22.4. The van der Waals surface area contributed by atoms with Gasteiger partial charge in [-0.25, -0.2) is 0 Å². The molecule has 0 saturated carbocycles. The van der Waals surface area contributed by atoms with Gasteiger partial charge < -0.3 is 15.5 Å². The molecule has 3 N–H and O–H groups in total. The van der Waals surface area contributed by atoms with E-state index in [0.29, 0.717) is 6.42 Å². The number of hydrogen-bond acceptors (Lipinski definition) is 3. The summed E-state index contributed by atoms with van der Waals surface area (Å²) in [6, 6.07) is -0.626. The van der Waals surface area contributed by atoms with E-state index in [0.717, 1.165) is 64.2 Å². The summed E-state index contributed by atoms with van der Waals surface area (Å²) in [7, 11) is 0. The van der Waals surface area contributed by atoms with Gasteiger partial charge in [0.1, 0.15) is 0 Å². The van der Waals surface area contributed by atoms with Gasteiger partial charge in [0.05, 0.1) is 18.8 Å². The third kappa shape index (κ3) is 20.3. The number of nitrogens with one attached hydrogen (secondary N) is 1. The average Bonchev–Trinajstić information content (AvgIpc) is 2.79. The first-order chi connectivity index (χ1) is 15.7. The summed E-state index contributed by atoms with van der Waals surface area (Å²) < 4.78 is 0. The zero-order valence-electron chi connectivity index (χ0n) is 20.7. The van der Waals surface area contributed by atoms with Gasteiger partial charge in [0, 0.05) is 6.42 Å². The van der Waals surface area contributed by atoms with Gasteiger partial charge in [0.25, 0.3) is 0 Å². The van der Waals surface area contributed by atoms with Crippen molar-refractivity contribution >= 4 is 5.91 Å². The lowest BCUT2D eigenvalue weighted by Crippen LogP contribution is -2.45. The first-order valence-corrected chi connectivity index (χ1v) is 12.9. The fourth-order valence-corrected chi connectivity index (χ4v) is 3.30. The molecule has 0 radical (unpaired) electrons. The minimum absolute atomic E-state index is 0.0938. The van der Waals surface area contributed by atoms with Crippen molar-refractivity contribution < 1.29 is 15.0 Å². The Balaban J connectivity index is 3.72. The first-order valence-electron chi connectivity index (χ1n) is 12.9. The van der Waals surface area contributed by atoms with E-state index in [9.17, 15) is 15.0 Å². The van der Waals surface area contributed by atoms with E-state index in [-0.39, 0.29) is 12.5 Å². The van der Waals surface area contributed by atoms with Crippen LogP contribution in [0.3, 0.4) is 0 Å². The fourth-order valence-electron chi connectivity index (χ4n) is 3.30. The van der Waals surface area contributed by atoms with Crippen LogP contribution in [-0.4, -0.2) is 34.9 Å². The molecule has 0 fully saturated rings. The van der Waals surface area contributed by atoms with Crippen LogP contribution in [0.1, 0.15) is 104 Å². The Bertz CT molecular complexity index is 537. The van der Waals surface area contributed by atoms with Gasteiger partial charge >= 0.3 is 0 Å². The highest BCUT2D eigenvalue weighted by Crippen LogP contribution is 2.09. The number of unbranched alkanes of at least 4 members (excludes halogenated alkanes) is 8. The molecule has 0 aliphatic carbocycles. The van der Waals surface area contributed by atoms with Gasteiger partial charge in [-0.3, -0.25) is 4.79 Å². The lowest BCUT2D eigenvalue weighted by Gasteiger charge is -2.19. The molecule has 0 saturated heterocycles. The van der Waals surface area contributed by atoms with Gasteiger partial charge in [0.2, 0.25) is 5.91 Å². The van der Waals surface area contributed by atoms with Crippen LogP contribution >= 0.6 is 0 Å². The molecule has 0 bridgehead atoms. The largest absolute Gasteiger partial charge is 0.394 e. The Labute approximate surface area is 197 Å². The van der Waals surface area contributed by atoms with Gasteiger partial charge in [-0.15, -0.1) is 0 Å². The van der Waals surface area contributed by atoms with Crippen LogP contribution in [0.4, 0.5) is 0 Å². The van der Waals surface area contributed by atoms with Crippen molar-refractivity contribution in [2.24, 2.45) is 0 Å². The van der Waals surface area contributed by atoms with Crippen molar-refractivity contribution in [3.05, 3.63) is 48.6 Å². The van der Waals surface area contributed by atoms with Crippen molar-refractivity contribution in [3.8, 4) is 0 Å². The maximum Gasteiger partial charge on any atom is 0.220 e. The molecule has 0 spiro atoms. The standard InChI is InChI=1S/C28H49NO3/c1-3-5-7-9-10-11-12-13-14-15-16-17-18-20-22-24-28(32)29-26(25-30)27(31)23-21-19-8-6-4-2/h5,7,10-11,13-14,21,23,26-27,30-31H,3-4,6,8-9,12,15-20,22,24-25H2,1-2H3,(H,29,32)/b7-5-,11-10-,14-13-,23-21+. The molecule has 0 aromatic heterocycles. The van der Waals surface area contributed by atoms with Crippen LogP contribution in [0.2, 0.25) is 0 Å². The summed E-state index contributed by atoms with van der Waals surface area (Å²) in [4.78, 5) is 12.1. The van der Waals surface area contributed by atoms with Crippen LogP contribution in [0, 0.1) is 0 Å². The molecule has 0 aliphatic heterocycles. The average molecular weight is 448 g/mol. The maximum atomic E-state index is 12.1. The van der Waals surface area contributed by atoms with E-state index in [1.54, 1.807) is 6.08 Å². The van der Waals surface area contributed by atoms with E-state index < -0.39 is 12.1 Å². The second-order valence-corrected chi connectivity index (χ2v) is 8.37. The highest BCUT2D eigenvalue weighted by atomic mass is 16.3. The number of carbonyl (C=O) groups excluding carboxylic acids is 1. The normalized spacial score (nSPS) is 14.2. The molecule has 2 atom stereocenters. The number of carbonyl (C=O) groups is 1. The Kier molecular flexibility index (Phi) is 22.8. The highest BCUT2D eigenvalue weighted by Gasteiger charge is 2.17. The molecule has 4 nitrogen and oxygen atoms in total. The van der Waals surface area contributed by atoms with Crippen molar-refractivity contribution in [1.29, 1.82) is 0 Å². The summed E-state index contributed by atoms with van der Waals surface area (Å²) in [5.41, 5.74) is 0. The Morgan fingerprint density at radius 1 is 0.781 bits per heavy atom. The second kappa shape index (κ2) is 24.0. The third-order valence-corrected chi connectivity index (χ3v) is 5.32. The smallest absolute Gasteiger partial charge is 0.220 e. The Morgan fingerprint density at radius 2 is 1.38 bits per heavy atom. The van der Waals surface area contributed by atoms with Gasteiger partial charge in [-0.1, -0.05) is 94.6 Å². The molecule has 0 aliphatic rings. The summed E-state index contributed by atoms with van der Waals surface area (Å²) in [5.74, 6) is -0.0938. The SMILES string of the molecule is CC/C=C\C/C=C\C/C=C\CCCCCCCC(=O)NC(CO)C(O)/C=C/CCCCC. The highest BCUT2D eigenvalue weighted by molar-refractivity contribution is 5.76. The molecule has 0 rings (SSSR count). The second-order valence-electron chi connectivity index (χ2n) is 8.37. The minimum Gasteiger partial charge on any atom is -0.394 e. The predicted molar refractivity (Wildman–Crippen MR) is 138 cm³/mol. The third-order valence-electron chi connectivity index (χ3n) is 5.32. The molecular weight excluding hydrogens is 398 g/mol. The Hall–Kier alpha value is -1.65. The van der Waals surface area contributed by atoms with E-state index in [1.165, 1.54) is 19.3 Å². The van der Waals surface area contributed by atoms with Gasteiger partial charge in [-0.2, -0.15) is 0 Å². The maximum absolute atomic E-state index is 12.1.